The molecule has 1 saturated carbocycles. The van der Waals surface area contributed by atoms with E-state index < -0.39 is 0 Å². The summed E-state index contributed by atoms with van der Waals surface area (Å²) in [4.78, 5) is 19.2. The third-order valence-electron chi connectivity index (χ3n) is 6.14. The molecule has 1 atom stereocenters. The van der Waals surface area contributed by atoms with E-state index in [1.807, 2.05) is 0 Å². The third kappa shape index (κ3) is 8.54. The Labute approximate surface area is 211 Å². The van der Waals surface area contributed by atoms with Crippen LogP contribution in [0.3, 0.4) is 0 Å². The molecule has 1 unspecified atom stereocenters. The van der Waals surface area contributed by atoms with Crippen LogP contribution in [0.4, 0.5) is 0 Å². The Balaban J connectivity index is 0.00000363. The summed E-state index contributed by atoms with van der Waals surface area (Å²) in [5, 5.41) is 6.92. The quantitative estimate of drug-likeness (QED) is 0.309. The fourth-order valence-corrected chi connectivity index (χ4v) is 4.39. The van der Waals surface area contributed by atoms with E-state index in [1.54, 1.807) is 7.05 Å². The zero-order valence-corrected chi connectivity index (χ0v) is 22.5. The fraction of sp³-hybridized carbons (Fsp3) is 0.680. The molecular formula is C25H41IN4O2. The zero-order chi connectivity index (χ0) is 22.3. The van der Waals surface area contributed by atoms with Gasteiger partial charge in [-0.3, -0.25) is 9.79 Å². The van der Waals surface area contributed by atoms with Gasteiger partial charge in [-0.05, 0) is 51.2 Å². The van der Waals surface area contributed by atoms with Crippen molar-refractivity contribution in [3.05, 3.63) is 35.4 Å². The van der Waals surface area contributed by atoms with Gasteiger partial charge in [0, 0.05) is 38.6 Å². The number of likely N-dealkylation sites (tertiary alicyclic amines) is 1. The number of hydrogen-bond acceptors (Lipinski definition) is 3. The van der Waals surface area contributed by atoms with E-state index in [0.717, 1.165) is 38.3 Å². The van der Waals surface area contributed by atoms with Gasteiger partial charge >= 0.3 is 0 Å². The molecule has 180 valence electrons. The van der Waals surface area contributed by atoms with Gasteiger partial charge < -0.3 is 20.3 Å². The molecule has 1 aromatic carbocycles. The summed E-state index contributed by atoms with van der Waals surface area (Å²) >= 11 is 0. The summed E-state index contributed by atoms with van der Waals surface area (Å²) in [5.74, 6) is 1.40. The second-order valence-corrected chi connectivity index (χ2v) is 9.90. The number of carbonyl (C=O) groups excluding carboxylic acids is 1. The highest BCUT2D eigenvalue weighted by molar-refractivity contribution is 14.0. The second-order valence-electron chi connectivity index (χ2n) is 9.90. The van der Waals surface area contributed by atoms with Crippen LogP contribution in [0.2, 0.25) is 0 Å². The van der Waals surface area contributed by atoms with Gasteiger partial charge in [0.15, 0.2) is 5.96 Å². The molecule has 1 heterocycles. The normalized spacial score (nSPS) is 20.1. The maximum atomic E-state index is 12.8. The first-order chi connectivity index (χ1) is 14.8. The predicted molar refractivity (Wildman–Crippen MR) is 141 cm³/mol. The van der Waals surface area contributed by atoms with Gasteiger partial charge in [-0.15, -0.1) is 24.0 Å². The number of carbonyl (C=O) groups is 1. The molecule has 1 aromatic rings. The molecule has 1 aliphatic carbocycles. The predicted octanol–water partition coefficient (Wildman–Crippen LogP) is 4.47. The first-order valence-corrected chi connectivity index (χ1v) is 11.8. The van der Waals surface area contributed by atoms with E-state index in [0.29, 0.717) is 19.1 Å². The molecular weight excluding hydrogens is 515 g/mol. The van der Waals surface area contributed by atoms with E-state index in [1.165, 1.54) is 30.4 Å². The summed E-state index contributed by atoms with van der Waals surface area (Å²) in [7, 11) is 1.79. The molecule has 6 nitrogen and oxygen atoms in total. The highest BCUT2D eigenvalue weighted by atomic mass is 127. The number of rotatable bonds is 6. The second kappa shape index (κ2) is 12.8. The van der Waals surface area contributed by atoms with E-state index in [9.17, 15) is 4.79 Å². The minimum Gasteiger partial charge on any atom is -0.371 e. The van der Waals surface area contributed by atoms with E-state index >= 15 is 0 Å². The molecule has 2 N–H and O–H groups in total. The van der Waals surface area contributed by atoms with Crippen molar-refractivity contribution in [2.75, 3.05) is 20.1 Å². The lowest BCUT2D eigenvalue weighted by molar-refractivity contribution is -0.135. The van der Waals surface area contributed by atoms with E-state index in [4.69, 9.17) is 4.74 Å². The van der Waals surface area contributed by atoms with Crippen molar-refractivity contribution in [2.45, 2.75) is 84.1 Å². The summed E-state index contributed by atoms with van der Waals surface area (Å²) in [6.07, 6.45) is 6.78. The van der Waals surface area contributed by atoms with Crippen molar-refractivity contribution >= 4 is 35.8 Å². The van der Waals surface area contributed by atoms with Gasteiger partial charge in [0.25, 0.3) is 0 Å². The van der Waals surface area contributed by atoms with Crippen molar-refractivity contribution in [3.63, 3.8) is 0 Å². The lowest BCUT2D eigenvalue weighted by Gasteiger charge is -2.26. The van der Waals surface area contributed by atoms with Crippen molar-refractivity contribution in [1.29, 1.82) is 0 Å². The average molecular weight is 557 g/mol. The van der Waals surface area contributed by atoms with Gasteiger partial charge in [0.2, 0.25) is 5.91 Å². The maximum Gasteiger partial charge on any atom is 0.225 e. The number of amides is 1. The van der Waals surface area contributed by atoms with Crippen LogP contribution in [0.5, 0.6) is 0 Å². The van der Waals surface area contributed by atoms with Crippen molar-refractivity contribution < 1.29 is 9.53 Å². The Kier molecular flexibility index (Phi) is 10.7. The molecule has 0 radical (unpaired) electrons. The van der Waals surface area contributed by atoms with Crippen LogP contribution >= 0.6 is 24.0 Å². The minimum absolute atomic E-state index is 0. The highest BCUT2D eigenvalue weighted by Crippen LogP contribution is 2.26. The van der Waals surface area contributed by atoms with E-state index in [2.05, 4.69) is 65.6 Å². The SMILES string of the molecule is CN=C(NCc1cccc(COC(C)(C)C)c1)NC1CCN(C(=O)C2CCCCC2)C1.I. The molecule has 2 fully saturated rings. The molecule has 32 heavy (non-hydrogen) atoms. The Bertz CT molecular complexity index is 757. The van der Waals surface area contributed by atoms with Crippen molar-refractivity contribution in [2.24, 2.45) is 10.9 Å². The Morgan fingerprint density at radius 3 is 2.56 bits per heavy atom. The molecule has 1 aliphatic heterocycles. The number of halogens is 1. The third-order valence-corrected chi connectivity index (χ3v) is 6.14. The Morgan fingerprint density at radius 1 is 1.16 bits per heavy atom. The molecule has 7 heteroatoms. The van der Waals surface area contributed by atoms with Crippen molar-refractivity contribution in [3.8, 4) is 0 Å². The molecule has 1 amide bonds. The molecule has 2 aliphatic rings. The van der Waals surface area contributed by atoms with Gasteiger partial charge in [0.05, 0.1) is 12.2 Å². The Hall–Kier alpha value is -1.35. The largest absolute Gasteiger partial charge is 0.371 e. The maximum absolute atomic E-state index is 12.8. The van der Waals surface area contributed by atoms with E-state index in [-0.39, 0.29) is 41.5 Å². The summed E-state index contributed by atoms with van der Waals surface area (Å²) in [6, 6.07) is 8.71. The van der Waals surface area contributed by atoms with Crippen LogP contribution in [0.25, 0.3) is 0 Å². The van der Waals surface area contributed by atoms with Crippen LogP contribution in [0, 0.1) is 5.92 Å². The number of hydrogen-bond donors (Lipinski definition) is 2. The highest BCUT2D eigenvalue weighted by Gasteiger charge is 2.31. The zero-order valence-electron chi connectivity index (χ0n) is 20.2. The molecule has 0 aromatic heterocycles. The first-order valence-electron chi connectivity index (χ1n) is 11.8. The van der Waals surface area contributed by atoms with Crippen molar-refractivity contribution in [1.82, 2.24) is 15.5 Å². The monoisotopic (exact) mass is 556 g/mol. The smallest absolute Gasteiger partial charge is 0.225 e. The fourth-order valence-electron chi connectivity index (χ4n) is 4.39. The van der Waals surface area contributed by atoms with Gasteiger partial charge in [-0.1, -0.05) is 43.5 Å². The molecule has 0 bridgehead atoms. The minimum atomic E-state index is -0.145. The summed E-state index contributed by atoms with van der Waals surface area (Å²) in [5.41, 5.74) is 2.22. The lowest BCUT2D eigenvalue weighted by Crippen LogP contribution is -2.45. The lowest BCUT2D eigenvalue weighted by atomic mass is 9.88. The van der Waals surface area contributed by atoms with Gasteiger partial charge in [0.1, 0.15) is 0 Å². The van der Waals surface area contributed by atoms with Crippen LogP contribution < -0.4 is 10.6 Å². The van der Waals surface area contributed by atoms with Crippen LogP contribution in [-0.4, -0.2) is 48.5 Å². The molecule has 3 rings (SSSR count). The summed E-state index contributed by atoms with van der Waals surface area (Å²) < 4.78 is 5.89. The Morgan fingerprint density at radius 2 is 1.88 bits per heavy atom. The van der Waals surface area contributed by atoms with Crippen LogP contribution in [0.15, 0.2) is 29.3 Å². The number of nitrogens with zero attached hydrogens (tertiary/aromatic N) is 2. The summed E-state index contributed by atoms with van der Waals surface area (Å²) in [6.45, 7) is 9.13. The molecule has 1 saturated heterocycles. The number of ether oxygens (including phenoxy) is 1. The van der Waals surface area contributed by atoms with Crippen LogP contribution in [-0.2, 0) is 22.7 Å². The average Bonchev–Trinajstić information content (AvgIpc) is 3.23. The molecule has 0 spiro atoms. The number of nitrogens with one attached hydrogen (secondary N) is 2. The van der Waals surface area contributed by atoms with Crippen LogP contribution in [0.1, 0.15) is 70.4 Å². The number of aliphatic imine (C=N–C) groups is 1. The topological polar surface area (TPSA) is 66.0 Å². The first kappa shape index (κ1) is 26.9. The van der Waals surface area contributed by atoms with Gasteiger partial charge in [-0.25, -0.2) is 0 Å². The van der Waals surface area contributed by atoms with Gasteiger partial charge in [-0.2, -0.15) is 0 Å². The number of benzene rings is 1. The number of guanidine groups is 1. The standard InChI is InChI=1S/C25H40N4O2.HI/c1-25(2,3)31-18-20-10-8-9-19(15-20)16-27-24(26-4)28-22-13-14-29(17-22)23(30)21-11-6-5-7-12-21;/h8-10,15,21-22H,5-7,11-14,16-18H2,1-4H3,(H2,26,27,28);1H.